The zero-order valence-electron chi connectivity index (χ0n) is 9.28. The van der Waals surface area contributed by atoms with E-state index in [-0.39, 0.29) is 6.09 Å². The van der Waals surface area contributed by atoms with Gasteiger partial charge in [0.2, 0.25) is 0 Å². The first kappa shape index (κ1) is 10.0. The molecule has 0 spiro atoms. The maximum Gasteiger partial charge on any atom is 0.410 e. The van der Waals surface area contributed by atoms with Crippen LogP contribution >= 0.6 is 0 Å². The maximum atomic E-state index is 11.3. The Hall–Kier alpha value is -1.51. The molecule has 1 aliphatic rings. The number of cyclic esters (lactones) is 1. The first-order valence-electron chi connectivity index (χ1n) is 5.02. The van der Waals surface area contributed by atoms with E-state index in [1.165, 1.54) is 5.56 Å². The summed E-state index contributed by atoms with van der Waals surface area (Å²) in [6, 6.07) is 8.10. The van der Waals surface area contributed by atoms with Gasteiger partial charge in [-0.25, -0.2) is 4.79 Å². The molecule has 3 heteroatoms. The number of hydrogen-bond acceptors (Lipinski definition) is 2. The summed E-state index contributed by atoms with van der Waals surface area (Å²) >= 11 is 0. The molecule has 2 rings (SSSR count). The summed E-state index contributed by atoms with van der Waals surface area (Å²) in [5, 5.41) is 0. The molecule has 0 radical (unpaired) electrons. The number of benzene rings is 1. The highest BCUT2D eigenvalue weighted by Crippen LogP contribution is 2.31. The molecule has 15 heavy (non-hydrogen) atoms. The molecule has 0 bridgehead atoms. The van der Waals surface area contributed by atoms with Crippen LogP contribution in [0.1, 0.15) is 18.1 Å². The SMILES string of the molecule is Cc1ccc(C2(C)CN(C)C(=O)O2)cc1. The smallest absolute Gasteiger partial charge is 0.410 e. The van der Waals surface area contributed by atoms with Crippen molar-refractivity contribution in [1.82, 2.24) is 4.90 Å². The summed E-state index contributed by atoms with van der Waals surface area (Å²) in [5.74, 6) is 0. The molecular weight excluding hydrogens is 190 g/mol. The van der Waals surface area contributed by atoms with E-state index in [1.54, 1.807) is 11.9 Å². The normalized spacial score (nSPS) is 25.5. The molecule has 1 fully saturated rings. The molecule has 1 amide bonds. The Bertz CT molecular complexity index is 385. The van der Waals surface area contributed by atoms with Crippen LogP contribution in [-0.4, -0.2) is 24.6 Å². The molecule has 0 aliphatic carbocycles. The van der Waals surface area contributed by atoms with Gasteiger partial charge < -0.3 is 9.64 Å². The standard InChI is InChI=1S/C12H15NO2/c1-9-4-6-10(7-5-9)12(2)8-13(3)11(14)15-12/h4-7H,8H2,1-3H3. The number of carbonyl (C=O) groups excluding carboxylic acids is 1. The van der Waals surface area contributed by atoms with Gasteiger partial charge in [-0.15, -0.1) is 0 Å². The third-order valence-corrected chi connectivity index (χ3v) is 2.83. The van der Waals surface area contributed by atoms with Crippen LogP contribution in [0.2, 0.25) is 0 Å². The lowest BCUT2D eigenvalue weighted by atomic mass is 9.95. The number of hydrogen-bond donors (Lipinski definition) is 0. The van der Waals surface area contributed by atoms with Gasteiger partial charge in [-0.05, 0) is 19.4 Å². The molecule has 0 aromatic heterocycles. The lowest BCUT2D eigenvalue weighted by Gasteiger charge is -2.21. The van der Waals surface area contributed by atoms with E-state index in [9.17, 15) is 4.79 Å². The van der Waals surface area contributed by atoms with Crippen LogP contribution in [0.25, 0.3) is 0 Å². The van der Waals surface area contributed by atoms with Gasteiger partial charge in [-0.1, -0.05) is 29.8 Å². The monoisotopic (exact) mass is 205 g/mol. The maximum absolute atomic E-state index is 11.3. The Labute approximate surface area is 89.7 Å². The number of rotatable bonds is 1. The molecule has 1 saturated heterocycles. The van der Waals surface area contributed by atoms with Crippen LogP contribution in [0.5, 0.6) is 0 Å². The summed E-state index contributed by atoms with van der Waals surface area (Å²) in [4.78, 5) is 12.9. The molecular formula is C12H15NO2. The number of likely N-dealkylation sites (N-methyl/N-ethyl adjacent to an activating group) is 1. The minimum Gasteiger partial charge on any atom is -0.436 e. The first-order chi connectivity index (χ1) is 7.01. The zero-order valence-corrected chi connectivity index (χ0v) is 9.28. The Morgan fingerprint density at radius 3 is 2.40 bits per heavy atom. The number of aryl methyl sites for hydroxylation is 1. The molecule has 1 heterocycles. The minimum atomic E-state index is -0.500. The highest BCUT2D eigenvalue weighted by molar-refractivity contribution is 5.70. The van der Waals surface area contributed by atoms with E-state index >= 15 is 0 Å². The third kappa shape index (κ3) is 1.69. The summed E-state index contributed by atoms with van der Waals surface area (Å²) in [7, 11) is 1.75. The molecule has 1 aliphatic heterocycles. The summed E-state index contributed by atoms with van der Waals surface area (Å²) in [6.45, 7) is 4.59. The summed E-state index contributed by atoms with van der Waals surface area (Å²) in [6.07, 6.45) is -0.252. The fourth-order valence-electron chi connectivity index (χ4n) is 1.88. The number of ether oxygens (including phenoxy) is 1. The van der Waals surface area contributed by atoms with Crippen molar-refractivity contribution in [3.05, 3.63) is 35.4 Å². The van der Waals surface area contributed by atoms with Gasteiger partial charge in [0.15, 0.2) is 5.60 Å². The molecule has 3 nitrogen and oxygen atoms in total. The lowest BCUT2D eigenvalue weighted by molar-refractivity contribution is 0.0701. The van der Waals surface area contributed by atoms with Crippen LogP contribution < -0.4 is 0 Å². The van der Waals surface area contributed by atoms with Crippen molar-refractivity contribution in [3.8, 4) is 0 Å². The van der Waals surface area contributed by atoms with E-state index in [2.05, 4.69) is 0 Å². The molecule has 1 unspecified atom stereocenters. The van der Waals surface area contributed by atoms with E-state index in [0.717, 1.165) is 5.56 Å². The second kappa shape index (κ2) is 3.26. The van der Waals surface area contributed by atoms with Crippen molar-refractivity contribution in [3.63, 3.8) is 0 Å². The average molecular weight is 205 g/mol. The number of nitrogens with zero attached hydrogens (tertiary/aromatic N) is 1. The Morgan fingerprint density at radius 1 is 1.33 bits per heavy atom. The highest BCUT2D eigenvalue weighted by atomic mass is 16.6. The quantitative estimate of drug-likeness (QED) is 0.704. The highest BCUT2D eigenvalue weighted by Gasteiger charge is 2.40. The van der Waals surface area contributed by atoms with E-state index in [0.29, 0.717) is 6.54 Å². The van der Waals surface area contributed by atoms with Crippen LogP contribution in [0.3, 0.4) is 0 Å². The zero-order chi connectivity index (χ0) is 11.1. The van der Waals surface area contributed by atoms with Gasteiger partial charge in [0.25, 0.3) is 0 Å². The van der Waals surface area contributed by atoms with Gasteiger partial charge in [0, 0.05) is 7.05 Å². The fraction of sp³-hybridized carbons (Fsp3) is 0.417. The van der Waals surface area contributed by atoms with Crippen LogP contribution in [0, 0.1) is 6.92 Å². The van der Waals surface area contributed by atoms with Crippen LogP contribution in [-0.2, 0) is 10.3 Å². The minimum absolute atomic E-state index is 0.252. The third-order valence-electron chi connectivity index (χ3n) is 2.83. The van der Waals surface area contributed by atoms with Crippen molar-refractivity contribution in [2.75, 3.05) is 13.6 Å². The van der Waals surface area contributed by atoms with Gasteiger partial charge in [0.1, 0.15) is 0 Å². The Balaban J connectivity index is 2.31. The second-order valence-corrected chi connectivity index (χ2v) is 4.32. The van der Waals surface area contributed by atoms with E-state index < -0.39 is 5.60 Å². The van der Waals surface area contributed by atoms with Gasteiger partial charge >= 0.3 is 6.09 Å². The largest absolute Gasteiger partial charge is 0.436 e. The predicted octanol–water partition coefficient (Wildman–Crippen LogP) is 2.29. The molecule has 0 saturated carbocycles. The first-order valence-corrected chi connectivity index (χ1v) is 5.02. The second-order valence-electron chi connectivity index (χ2n) is 4.32. The van der Waals surface area contributed by atoms with Gasteiger partial charge in [0.05, 0.1) is 6.54 Å². The predicted molar refractivity (Wildman–Crippen MR) is 57.6 cm³/mol. The van der Waals surface area contributed by atoms with Crippen molar-refractivity contribution < 1.29 is 9.53 Å². The number of amides is 1. The molecule has 0 N–H and O–H groups in total. The van der Waals surface area contributed by atoms with Crippen molar-refractivity contribution in [2.45, 2.75) is 19.4 Å². The Kier molecular flexibility index (Phi) is 2.18. The summed E-state index contributed by atoms with van der Waals surface area (Å²) < 4.78 is 5.37. The van der Waals surface area contributed by atoms with Crippen molar-refractivity contribution >= 4 is 6.09 Å². The molecule has 80 valence electrons. The summed E-state index contributed by atoms with van der Waals surface area (Å²) in [5.41, 5.74) is 1.75. The van der Waals surface area contributed by atoms with Crippen molar-refractivity contribution in [1.29, 1.82) is 0 Å². The van der Waals surface area contributed by atoms with Crippen LogP contribution in [0.15, 0.2) is 24.3 Å². The van der Waals surface area contributed by atoms with Crippen molar-refractivity contribution in [2.24, 2.45) is 0 Å². The molecule has 1 atom stereocenters. The van der Waals surface area contributed by atoms with Crippen LogP contribution in [0.4, 0.5) is 4.79 Å². The van der Waals surface area contributed by atoms with E-state index in [4.69, 9.17) is 4.74 Å². The fourth-order valence-corrected chi connectivity index (χ4v) is 1.88. The number of carbonyl (C=O) groups is 1. The van der Waals surface area contributed by atoms with Gasteiger partial charge in [-0.2, -0.15) is 0 Å². The van der Waals surface area contributed by atoms with E-state index in [1.807, 2.05) is 38.1 Å². The Morgan fingerprint density at radius 2 is 1.93 bits per heavy atom. The molecule has 1 aromatic carbocycles. The average Bonchev–Trinajstić information content (AvgIpc) is 2.43. The lowest BCUT2D eigenvalue weighted by Crippen LogP contribution is -2.27. The molecule has 1 aromatic rings. The topological polar surface area (TPSA) is 29.5 Å². The van der Waals surface area contributed by atoms with Gasteiger partial charge in [-0.3, -0.25) is 0 Å².